The number of hydrogen-bond donors (Lipinski definition) is 1. The lowest BCUT2D eigenvalue weighted by Gasteiger charge is -2.32. The van der Waals surface area contributed by atoms with Gasteiger partial charge in [-0.1, -0.05) is 13.3 Å². The van der Waals surface area contributed by atoms with Gasteiger partial charge in [0.15, 0.2) is 0 Å². The van der Waals surface area contributed by atoms with Crippen molar-refractivity contribution in [3.63, 3.8) is 0 Å². The molecule has 1 saturated heterocycles. The molecule has 112 valence electrons. The third-order valence-electron chi connectivity index (χ3n) is 3.44. The third kappa shape index (κ3) is 4.45. The fourth-order valence-electron chi connectivity index (χ4n) is 2.28. The van der Waals surface area contributed by atoms with Gasteiger partial charge in [0, 0.05) is 12.6 Å². The molecule has 1 atom stereocenters. The van der Waals surface area contributed by atoms with Gasteiger partial charge in [-0.3, -0.25) is 0 Å². The Labute approximate surface area is 124 Å². The van der Waals surface area contributed by atoms with Gasteiger partial charge < -0.3 is 15.0 Å². The average Bonchev–Trinajstić information content (AvgIpc) is 2.44. The highest BCUT2D eigenvalue weighted by Crippen LogP contribution is 2.16. The van der Waals surface area contributed by atoms with Gasteiger partial charge in [0.2, 0.25) is 11.2 Å². The number of nitrogens with zero attached hydrogens (tertiary/aromatic N) is 4. The van der Waals surface area contributed by atoms with Gasteiger partial charge in [0.1, 0.15) is 0 Å². The molecular weight excluding hydrogens is 278 g/mol. The van der Waals surface area contributed by atoms with Crippen LogP contribution < -0.4 is 10.1 Å². The van der Waals surface area contributed by atoms with E-state index in [4.69, 9.17) is 16.3 Å². The first-order valence-corrected chi connectivity index (χ1v) is 7.55. The van der Waals surface area contributed by atoms with E-state index in [1.807, 2.05) is 6.92 Å². The van der Waals surface area contributed by atoms with Gasteiger partial charge in [-0.2, -0.15) is 15.0 Å². The van der Waals surface area contributed by atoms with E-state index in [2.05, 4.69) is 32.2 Å². The molecule has 0 amide bonds. The van der Waals surface area contributed by atoms with Crippen molar-refractivity contribution in [3.8, 4) is 6.01 Å². The second-order valence-corrected chi connectivity index (χ2v) is 5.41. The second-order valence-electron chi connectivity index (χ2n) is 5.07. The Hall–Kier alpha value is -1.14. The monoisotopic (exact) mass is 299 g/mol. The molecule has 1 aromatic rings. The molecular formula is C13H22ClN5O. The van der Waals surface area contributed by atoms with Crippen LogP contribution in [0.2, 0.25) is 5.28 Å². The largest absolute Gasteiger partial charge is 0.463 e. The summed E-state index contributed by atoms with van der Waals surface area (Å²) in [7, 11) is 2.15. The van der Waals surface area contributed by atoms with Gasteiger partial charge >= 0.3 is 6.01 Å². The highest BCUT2D eigenvalue weighted by atomic mass is 35.5. The summed E-state index contributed by atoms with van der Waals surface area (Å²) in [5.74, 6) is 0.482. The van der Waals surface area contributed by atoms with E-state index in [9.17, 15) is 0 Å². The quantitative estimate of drug-likeness (QED) is 0.869. The topological polar surface area (TPSA) is 63.2 Å². The van der Waals surface area contributed by atoms with Crippen molar-refractivity contribution in [2.24, 2.45) is 0 Å². The molecule has 6 nitrogen and oxygen atoms in total. The maximum atomic E-state index is 5.89. The fraction of sp³-hybridized carbons (Fsp3) is 0.769. The Morgan fingerprint density at radius 2 is 2.20 bits per heavy atom. The van der Waals surface area contributed by atoms with Crippen molar-refractivity contribution in [2.75, 3.05) is 32.1 Å². The molecule has 1 fully saturated rings. The lowest BCUT2D eigenvalue weighted by molar-refractivity contribution is 0.194. The van der Waals surface area contributed by atoms with E-state index in [1.54, 1.807) is 0 Å². The van der Waals surface area contributed by atoms with Gasteiger partial charge in [-0.25, -0.2) is 0 Å². The number of ether oxygens (including phenoxy) is 1. The zero-order chi connectivity index (χ0) is 14.4. The van der Waals surface area contributed by atoms with Crippen LogP contribution in [0.4, 0.5) is 5.95 Å². The zero-order valence-corrected chi connectivity index (χ0v) is 12.9. The number of anilines is 1. The Morgan fingerprint density at radius 3 is 2.95 bits per heavy atom. The van der Waals surface area contributed by atoms with E-state index in [0.29, 0.717) is 18.6 Å². The normalized spacial score (nSPS) is 19.9. The molecule has 0 saturated carbocycles. The lowest BCUT2D eigenvalue weighted by Crippen LogP contribution is -2.41. The highest BCUT2D eigenvalue weighted by molar-refractivity contribution is 6.28. The maximum Gasteiger partial charge on any atom is 0.322 e. The van der Waals surface area contributed by atoms with Crippen LogP contribution in [0, 0.1) is 0 Å². The van der Waals surface area contributed by atoms with Crippen LogP contribution in [0.1, 0.15) is 32.6 Å². The number of piperidine rings is 1. The number of likely N-dealkylation sites (tertiary alicyclic amines) is 1. The molecule has 7 heteroatoms. The minimum absolute atomic E-state index is 0.158. The van der Waals surface area contributed by atoms with Gasteiger partial charge in [0.25, 0.3) is 0 Å². The summed E-state index contributed by atoms with van der Waals surface area (Å²) in [5, 5.41) is 3.39. The van der Waals surface area contributed by atoms with Crippen LogP contribution in [0.15, 0.2) is 0 Å². The van der Waals surface area contributed by atoms with E-state index in [1.165, 1.54) is 19.3 Å². The summed E-state index contributed by atoms with van der Waals surface area (Å²) in [6, 6.07) is 0.797. The van der Waals surface area contributed by atoms with Crippen molar-refractivity contribution >= 4 is 17.5 Å². The molecule has 0 aromatic carbocycles. The van der Waals surface area contributed by atoms with Crippen molar-refractivity contribution < 1.29 is 4.74 Å². The summed E-state index contributed by atoms with van der Waals surface area (Å²) in [6.45, 7) is 4.56. The maximum absolute atomic E-state index is 5.89. The van der Waals surface area contributed by atoms with E-state index < -0.39 is 0 Å². The molecule has 2 heterocycles. The summed E-state index contributed by atoms with van der Waals surface area (Å²) < 4.78 is 5.39. The molecule has 1 aromatic heterocycles. The smallest absolute Gasteiger partial charge is 0.322 e. The summed E-state index contributed by atoms with van der Waals surface area (Å²) in [6.07, 6.45) is 4.65. The average molecular weight is 300 g/mol. The minimum Gasteiger partial charge on any atom is -0.463 e. The van der Waals surface area contributed by atoms with Gasteiger partial charge in [0.05, 0.1) is 6.61 Å². The SMILES string of the molecule is CCCOc1nc(Cl)nc(NCC2CCCCN2C)n1. The zero-order valence-electron chi connectivity index (χ0n) is 12.1. The molecule has 2 rings (SSSR count). The van der Waals surface area contributed by atoms with E-state index in [0.717, 1.165) is 19.5 Å². The second kappa shape index (κ2) is 7.59. The molecule has 20 heavy (non-hydrogen) atoms. The Bertz CT molecular complexity index is 431. The third-order valence-corrected chi connectivity index (χ3v) is 3.61. The molecule has 0 aliphatic carbocycles. The molecule has 1 N–H and O–H groups in total. The Kier molecular flexibility index (Phi) is 5.79. The van der Waals surface area contributed by atoms with Crippen LogP contribution >= 0.6 is 11.6 Å². The van der Waals surface area contributed by atoms with Gasteiger partial charge in [-0.05, 0) is 44.5 Å². The Balaban J connectivity index is 1.92. The first kappa shape index (κ1) is 15.3. The summed E-state index contributed by atoms with van der Waals surface area (Å²) in [4.78, 5) is 14.6. The Morgan fingerprint density at radius 1 is 1.35 bits per heavy atom. The van der Waals surface area contributed by atoms with E-state index >= 15 is 0 Å². The summed E-state index contributed by atoms with van der Waals surface area (Å²) in [5.41, 5.74) is 0. The first-order valence-electron chi connectivity index (χ1n) is 7.17. The van der Waals surface area contributed by atoms with E-state index in [-0.39, 0.29) is 11.3 Å². The number of halogens is 1. The van der Waals surface area contributed by atoms with Crippen LogP contribution in [0.25, 0.3) is 0 Å². The fourth-order valence-corrected chi connectivity index (χ4v) is 2.43. The number of rotatable bonds is 6. The van der Waals surface area contributed by atoms with Gasteiger partial charge in [-0.15, -0.1) is 0 Å². The minimum atomic E-state index is 0.158. The van der Waals surface area contributed by atoms with Crippen LogP contribution in [-0.2, 0) is 0 Å². The number of nitrogens with one attached hydrogen (secondary N) is 1. The molecule has 1 aliphatic heterocycles. The highest BCUT2D eigenvalue weighted by Gasteiger charge is 2.19. The number of hydrogen-bond acceptors (Lipinski definition) is 6. The lowest BCUT2D eigenvalue weighted by atomic mass is 10.0. The molecule has 1 unspecified atom stereocenters. The summed E-state index contributed by atoms with van der Waals surface area (Å²) >= 11 is 5.89. The molecule has 1 aliphatic rings. The first-order chi connectivity index (χ1) is 9.69. The van der Waals surface area contributed by atoms with Crippen molar-refractivity contribution in [3.05, 3.63) is 5.28 Å². The van der Waals surface area contributed by atoms with Crippen LogP contribution in [-0.4, -0.2) is 52.6 Å². The predicted molar refractivity (Wildman–Crippen MR) is 79.4 cm³/mol. The van der Waals surface area contributed by atoms with Crippen LogP contribution in [0.5, 0.6) is 6.01 Å². The molecule has 0 spiro atoms. The van der Waals surface area contributed by atoms with Crippen LogP contribution in [0.3, 0.4) is 0 Å². The molecule has 0 bridgehead atoms. The van der Waals surface area contributed by atoms with Crippen molar-refractivity contribution in [2.45, 2.75) is 38.6 Å². The van der Waals surface area contributed by atoms with Crippen molar-refractivity contribution in [1.29, 1.82) is 0 Å². The number of likely N-dealkylation sites (N-methyl/N-ethyl adjacent to an activating group) is 1. The standard InChI is InChI=1S/C13H22ClN5O/c1-3-8-20-13-17-11(14)16-12(18-13)15-9-10-6-4-5-7-19(10)2/h10H,3-9H2,1-2H3,(H,15,16,17,18). The van der Waals surface area contributed by atoms with Crippen molar-refractivity contribution in [1.82, 2.24) is 19.9 Å². The predicted octanol–water partition coefficient (Wildman–Crippen LogP) is 2.21. The number of aromatic nitrogens is 3. The molecule has 0 radical (unpaired) electrons.